The van der Waals surface area contributed by atoms with Gasteiger partial charge >= 0.3 is 0 Å². The van der Waals surface area contributed by atoms with Crippen LogP contribution in [-0.4, -0.2) is 47.1 Å². The zero-order chi connectivity index (χ0) is 21.0. The number of carbonyl (C=O) groups excluding carboxylic acids is 2. The van der Waals surface area contributed by atoms with Crippen LogP contribution in [0.25, 0.3) is 0 Å². The van der Waals surface area contributed by atoms with Crippen molar-refractivity contribution in [1.82, 2.24) is 4.90 Å². The highest BCUT2D eigenvalue weighted by atomic mass is 19.1. The van der Waals surface area contributed by atoms with Gasteiger partial charge in [-0.1, -0.05) is 36.4 Å². The number of allylic oxidation sites excluding steroid dienone is 4. The summed E-state index contributed by atoms with van der Waals surface area (Å²) in [5.74, 6) is -2.05. The minimum absolute atomic E-state index is 0.00145. The second-order valence-corrected chi connectivity index (χ2v) is 7.29. The summed E-state index contributed by atoms with van der Waals surface area (Å²) in [4.78, 5) is 25.9. The lowest BCUT2D eigenvalue weighted by atomic mass is 9.90. The maximum absolute atomic E-state index is 14.4. The molecule has 0 radical (unpaired) electrons. The maximum atomic E-state index is 14.4. The molecule has 0 spiro atoms. The van der Waals surface area contributed by atoms with E-state index in [-0.39, 0.29) is 31.1 Å². The number of alkyl halides is 1. The summed E-state index contributed by atoms with van der Waals surface area (Å²) < 4.78 is 28.1. The monoisotopic (exact) mass is 402 g/mol. The van der Waals surface area contributed by atoms with Crippen LogP contribution in [0.4, 0.5) is 8.78 Å². The zero-order valence-corrected chi connectivity index (χ0v) is 15.9. The van der Waals surface area contributed by atoms with Crippen LogP contribution in [0.5, 0.6) is 0 Å². The highest BCUT2D eigenvalue weighted by molar-refractivity contribution is 5.85. The molecule has 3 rings (SSSR count). The molecule has 3 N–H and O–H groups in total. The van der Waals surface area contributed by atoms with E-state index in [2.05, 4.69) is 0 Å². The standard InChI is InChI=1S/C22H24F2N2O3/c23-16-6-8-19(24)18(11-16)15-10-21(14-4-2-1-3-5-14)26(12-15)22(29)20(25)9-7-17(28)13-27/h1-6,8,10-11,18-21,27H,7,9,12-13,25H2/t18?,19?,20-,21?/m0/s1. The van der Waals surface area contributed by atoms with E-state index >= 15 is 0 Å². The molecule has 0 saturated heterocycles. The quantitative estimate of drug-likeness (QED) is 0.687. The molecule has 1 aliphatic heterocycles. The first-order valence-electron chi connectivity index (χ1n) is 9.54. The van der Waals surface area contributed by atoms with Gasteiger partial charge in [0.15, 0.2) is 5.78 Å². The third kappa shape index (κ3) is 4.86. The molecule has 0 fully saturated rings. The maximum Gasteiger partial charge on any atom is 0.240 e. The Hall–Kier alpha value is -2.64. The van der Waals surface area contributed by atoms with Crippen LogP contribution < -0.4 is 5.73 Å². The number of nitrogens with two attached hydrogens (primary N) is 1. The molecule has 0 saturated carbocycles. The lowest BCUT2D eigenvalue weighted by molar-refractivity contribution is -0.133. The Bertz CT molecular complexity index is 851. The molecule has 0 bridgehead atoms. The Kier molecular flexibility index (Phi) is 6.71. The van der Waals surface area contributed by atoms with Crippen molar-refractivity contribution in [3.8, 4) is 0 Å². The molecule has 2 aliphatic rings. The molecule has 0 aromatic heterocycles. The van der Waals surface area contributed by atoms with E-state index in [4.69, 9.17) is 10.8 Å². The number of benzene rings is 1. The van der Waals surface area contributed by atoms with Crippen LogP contribution in [0.3, 0.4) is 0 Å². The number of carbonyl (C=O) groups is 2. The molecule has 7 heteroatoms. The van der Waals surface area contributed by atoms with Crippen molar-refractivity contribution in [3.63, 3.8) is 0 Å². The number of Topliss-reactive ketones (excluding diaryl/α,β-unsaturated/α-hetero) is 1. The number of aliphatic hydroxyl groups excluding tert-OH is 1. The predicted molar refractivity (Wildman–Crippen MR) is 105 cm³/mol. The Morgan fingerprint density at radius 3 is 2.66 bits per heavy atom. The molecular weight excluding hydrogens is 378 g/mol. The molecular formula is C22H24F2N2O3. The molecule has 1 aliphatic carbocycles. The molecule has 4 atom stereocenters. The van der Waals surface area contributed by atoms with Crippen molar-refractivity contribution in [1.29, 1.82) is 0 Å². The second-order valence-electron chi connectivity index (χ2n) is 7.29. The summed E-state index contributed by atoms with van der Waals surface area (Å²) in [6, 6.07) is 7.86. The van der Waals surface area contributed by atoms with Crippen LogP contribution in [0.2, 0.25) is 0 Å². The van der Waals surface area contributed by atoms with Crippen LogP contribution in [0.1, 0.15) is 24.4 Å². The molecule has 1 aromatic carbocycles. The number of hydrogen-bond donors (Lipinski definition) is 2. The van der Waals surface area contributed by atoms with E-state index in [1.165, 1.54) is 17.1 Å². The largest absolute Gasteiger partial charge is 0.389 e. The minimum Gasteiger partial charge on any atom is -0.389 e. The van der Waals surface area contributed by atoms with E-state index in [9.17, 15) is 18.4 Å². The number of amides is 1. The fraction of sp³-hybridized carbons (Fsp3) is 0.364. The van der Waals surface area contributed by atoms with Gasteiger partial charge in [-0.3, -0.25) is 9.59 Å². The molecule has 1 heterocycles. The third-order valence-corrected chi connectivity index (χ3v) is 5.26. The van der Waals surface area contributed by atoms with E-state index in [1.54, 1.807) is 6.08 Å². The first kappa shape index (κ1) is 21.1. The highest BCUT2D eigenvalue weighted by Crippen LogP contribution is 2.37. The van der Waals surface area contributed by atoms with E-state index < -0.39 is 36.6 Å². The average Bonchev–Trinajstić information content (AvgIpc) is 3.18. The molecule has 3 unspecified atom stereocenters. The summed E-state index contributed by atoms with van der Waals surface area (Å²) in [5, 5.41) is 8.84. The van der Waals surface area contributed by atoms with Gasteiger partial charge in [-0.2, -0.15) is 0 Å². The van der Waals surface area contributed by atoms with Crippen molar-refractivity contribution in [3.05, 3.63) is 71.6 Å². The summed E-state index contributed by atoms with van der Waals surface area (Å²) in [6.45, 7) is -0.462. The van der Waals surface area contributed by atoms with Gasteiger partial charge in [0, 0.05) is 18.9 Å². The Morgan fingerprint density at radius 1 is 1.24 bits per heavy atom. The van der Waals surface area contributed by atoms with Crippen LogP contribution in [-0.2, 0) is 9.59 Å². The van der Waals surface area contributed by atoms with Gasteiger partial charge < -0.3 is 15.7 Å². The van der Waals surface area contributed by atoms with Crippen molar-refractivity contribution in [2.75, 3.05) is 13.2 Å². The summed E-state index contributed by atoms with van der Waals surface area (Å²) in [5.41, 5.74) is 7.45. The van der Waals surface area contributed by atoms with Crippen molar-refractivity contribution < 1.29 is 23.5 Å². The van der Waals surface area contributed by atoms with Gasteiger partial charge in [-0.15, -0.1) is 0 Å². The highest BCUT2D eigenvalue weighted by Gasteiger charge is 2.37. The number of aliphatic hydroxyl groups is 1. The number of ketones is 1. The fourth-order valence-electron chi connectivity index (χ4n) is 3.66. The predicted octanol–water partition coefficient (Wildman–Crippen LogP) is 2.54. The fourth-order valence-corrected chi connectivity index (χ4v) is 3.66. The van der Waals surface area contributed by atoms with Crippen LogP contribution in [0, 0.1) is 5.92 Å². The van der Waals surface area contributed by atoms with Gasteiger partial charge in [0.05, 0.1) is 12.1 Å². The van der Waals surface area contributed by atoms with E-state index in [1.807, 2.05) is 30.3 Å². The van der Waals surface area contributed by atoms with Crippen LogP contribution in [0.15, 0.2) is 66.0 Å². The molecule has 1 amide bonds. The number of rotatable bonds is 7. The Morgan fingerprint density at radius 2 is 1.97 bits per heavy atom. The van der Waals surface area contributed by atoms with Gasteiger partial charge in [-0.05, 0) is 35.8 Å². The SMILES string of the molecule is N[C@@H](CCC(=O)CO)C(=O)N1CC(C2C=C(F)C=CC2F)=CC1c1ccccc1. The molecule has 154 valence electrons. The summed E-state index contributed by atoms with van der Waals surface area (Å²) in [6.07, 6.45) is 4.03. The minimum atomic E-state index is -1.37. The van der Waals surface area contributed by atoms with E-state index in [0.717, 1.165) is 11.6 Å². The van der Waals surface area contributed by atoms with Gasteiger partial charge in [-0.25, -0.2) is 8.78 Å². The van der Waals surface area contributed by atoms with Crippen molar-refractivity contribution in [2.24, 2.45) is 11.7 Å². The number of hydrogen-bond acceptors (Lipinski definition) is 4. The molecule has 5 nitrogen and oxygen atoms in total. The molecule has 1 aromatic rings. The first-order valence-corrected chi connectivity index (χ1v) is 9.54. The lowest BCUT2D eigenvalue weighted by Crippen LogP contribution is -2.44. The lowest BCUT2D eigenvalue weighted by Gasteiger charge is -2.28. The zero-order valence-electron chi connectivity index (χ0n) is 15.9. The van der Waals surface area contributed by atoms with Crippen molar-refractivity contribution in [2.45, 2.75) is 31.1 Å². The Labute approximate surface area is 168 Å². The number of halogens is 2. The normalized spacial score (nSPS) is 24.8. The van der Waals surface area contributed by atoms with Crippen molar-refractivity contribution >= 4 is 11.7 Å². The Balaban J connectivity index is 1.83. The first-order chi connectivity index (χ1) is 13.9. The summed E-state index contributed by atoms with van der Waals surface area (Å²) in [7, 11) is 0. The average molecular weight is 402 g/mol. The third-order valence-electron chi connectivity index (χ3n) is 5.26. The smallest absolute Gasteiger partial charge is 0.240 e. The van der Waals surface area contributed by atoms with Gasteiger partial charge in [0.25, 0.3) is 0 Å². The second kappa shape index (κ2) is 9.24. The molecule has 29 heavy (non-hydrogen) atoms. The van der Waals surface area contributed by atoms with E-state index in [0.29, 0.717) is 5.57 Å². The number of nitrogens with zero attached hydrogens (tertiary/aromatic N) is 1. The van der Waals surface area contributed by atoms with Gasteiger partial charge in [0.1, 0.15) is 18.6 Å². The summed E-state index contributed by atoms with van der Waals surface area (Å²) >= 11 is 0. The van der Waals surface area contributed by atoms with Gasteiger partial charge in [0.2, 0.25) is 5.91 Å². The van der Waals surface area contributed by atoms with Crippen LogP contribution >= 0.6 is 0 Å². The topological polar surface area (TPSA) is 83.6 Å².